The number of amides is 1. The van der Waals surface area contributed by atoms with E-state index < -0.39 is 15.6 Å². The first-order valence-electron chi connectivity index (χ1n) is 6.88. The highest BCUT2D eigenvalue weighted by atomic mass is 32.2. The second kappa shape index (κ2) is 4.53. The maximum atomic E-state index is 12.5. The van der Waals surface area contributed by atoms with Crippen molar-refractivity contribution in [2.45, 2.75) is 30.8 Å². The maximum Gasteiger partial charge on any atom is 0.243 e. The number of fused-ring (bicyclic) bond motifs is 1. The number of β-amino-alcohol motifs (C(OH)–C–C–N with tert-alkyl or cyclic N) is 1. The molecule has 114 valence electrons. The molecule has 3 rings (SSSR count). The third-order valence-corrected chi connectivity index (χ3v) is 6.10. The van der Waals surface area contributed by atoms with Crippen LogP contribution >= 0.6 is 0 Å². The van der Waals surface area contributed by atoms with Crippen molar-refractivity contribution in [2.24, 2.45) is 5.92 Å². The number of carbonyl (C=O) groups is 1. The third-order valence-electron chi connectivity index (χ3n) is 4.31. The van der Waals surface area contributed by atoms with E-state index in [2.05, 4.69) is 5.32 Å². The van der Waals surface area contributed by atoms with E-state index in [-0.39, 0.29) is 36.2 Å². The number of carbonyl (C=O) groups excluding carboxylic acids is 1. The first-order chi connectivity index (χ1) is 9.72. The van der Waals surface area contributed by atoms with Gasteiger partial charge in [0.15, 0.2) is 0 Å². The largest absolute Gasteiger partial charge is 0.387 e. The van der Waals surface area contributed by atoms with Crippen LogP contribution in [0.4, 0.5) is 5.69 Å². The van der Waals surface area contributed by atoms with Gasteiger partial charge in [-0.15, -0.1) is 0 Å². The molecule has 6 nitrogen and oxygen atoms in total. The van der Waals surface area contributed by atoms with Crippen LogP contribution in [0.1, 0.15) is 19.4 Å². The van der Waals surface area contributed by atoms with E-state index in [1.54, 1.807) is 6.07 Å². The van der Waals surface area contributed by atoms with Gasteiger partial charge >= 0.3 is 0 Å². The Bertz CT molecular complexity index is 706. The summed E-state index contributed by atoms with van der Waals surface area (Å²) in [4.78, 5) is 11.5. The van der Waals surface area contributed by atoms with Gasteiger partial charge in [0, 0.05) is 18.8 Å². The van der Waals surface area contributed by atoms with Gasteiger partial charge in [0.25, 0.3) is 0 Å². The SMILES string of the molecule is CC(C)C1(O)CN(S(=O)(=O)c2ccc3c(c2)CC(=O)N3)C1. The predicted molar refractivity (Wildman–Crippen MR) is 77.3 cm³/mol. The summed E-state index contributed by atoms with van der Waals surface area (Å²) < 4.78 is 26.3. The number of benzene rings is 1. The molecule has 2 N–H and O–H groups in total. The molecule has 0 radical (unpaired) electrons. The molecule has 1 fully saturated rings. The van der Waals surface area contributed by atoms with Crippen LogP contribution in [-0.4, -0.2) is 42.4 Å². The van der Waals surface area contributed by atoms with E-state index in [1.807, 2.05) is 13.8 Å². The van der Waals surface area contributed by atoms with Gasteiger partial charge < -0.3 is 10.4 Å². The normalized spacial score (nSPS) is 21.0. The lowest BCUT2D eigenvalue weighted by atomic mass is 9.85. The fraction of sp³-hybridized carbons (Fsp3) is 0.500. The van der Waals surface area contributed by atoms with Gasteiger partial charge in [0.05, 0.1) is 16.9 Å². The van der Waals surface area contributed by atoms with Crippen molar-refractivity contribution in [2.75, 3.05) is 18.4 Å². The Balaban J connectivity index is 1.85. The van der Waals surface area contributed by atoms with Gasteiger partial charge in [-0.25, -0.2) is 8.42 Å². The quantitative estimate of drug-likeness (QED) is 0.854. The maximum absolute atomic E-state index is 12.5. The predicted octanol–water partition coefficient (Wildman–Crippen LogP) is 0.573. The minimum Gasteiger partial charge on any atom is -0.387 e. The number of hydrogen-bond donors (Lipinski definition) is 2. The summed E-state index contributed by atoms with van der Waals surface area (Å²) in [6, 6.07) is 4.64. The minimum absolute atomic E-state index is 0.00536. The molecule has 2 aliphatic rings. The summed E-state index contributed by atoms with van der Waals surface area (Å²) in [5.74, 6) is -0.122. The number of rotatable bonds is 3. The Labute approximate surface area is 123 Å². The average molecular weight is 310 g/mol. The van der Waals surface area contributed by atoms with Crippen LogP contribution in [0.25, 0.3) is 0 Å². The van der Waals surface area contributed by atoms with Crippen molar-refractivity contribution in [3.05, 3.63) is 23.8 Å². The zero-order valence-electron chi connectivity index (χ0n) is 12.0. The smallest absolute Gasteiger partial charge is 0.243 e. The molecular weight excluding hydrogens is 292 g/mol. The Kier molecular flexibility index (Phi) is 3.12. The van der Waals surface area contributed by atoms with Crippen LogP contribution in [0.3, 0.4) is 0 Å². The van der Waals surface area contributed by atoms with Crippen molar-refractivity contribution in [3.8, 4) is 0 Å². The van der Waals surface area contributed by atoms with Crippen LogP contribution in [0.15, 0.2) is 23.1 Å². The van der Waals surface area contributed by atoms with Crippen molar-refractivity contribution in [1.29, 1.82) is 0 Å². The Morgan fingerprint density at radius 1 is 1.33 bits per heavy atom. The van der Waals surface area contributed by atoms with E-state index in [0.29, 0.717) is 11.3 Å². The number of anilines is 1. The summed E-state index contributed by atoms with van der Waals surface area (Å²) in [6.07, 6.45) is 0.203. The van der Waals surface area contributed by atoms with Crippen LogP contribution in [0, 0.1) is 5.92 Å². The summed E-state index contributed by atoms with van der Waals surface area (Å²) in [5.41, 5.74) is 0.420. The molecule has 0 spiro atoms. The summed E-state index contributed by atoms with van der Waals surface area (Å²) in [6.45, 7) is 3.97. The highest BCUT2D eigenvalue weighted by Gasteiger charge is 2.49. The fourth-order valence-electron chi connectivity index (χ4n) is 2.61. The number of hydrogen-bond acceptors (Lipinski definition) is 4. The van der Waals surface area contributed by atoms with Crippen LogP contribution in [0.5, 0.6) is 0 Å². The van der Waals surface area contributed by atoms with E-state index in [0.717, 1.165) is 0 Å². The van der Waals surface area contributed by atoms with E-state index in [4.69, 9.17) is 0 Å². The lowest BCUT2D eigenvalue weighted by molar-refractivity contribution is -0.115. The Morgan fingerprint density at radius 3 is 2.62 bits per heavy atom. The van der Waals surface area contributed by atoms with Crippen molar-refractivity contribution < 1.29 is 18.3 Å². The molecule has 21 heavy (non-hydrogen) atoms. The van der Waals surface area contributed by atoms with Gasteiger partial charge in [-0.2, -0.15) is 4.31 Å². The fourth-order valence-corrected chi connectivity index (χ4v) is 4.23. The Hall–Kier alpha value is -1.44. The molecule has 1 saturated heterocycles. The molecule has 0 bridgehead atoms. The average Bonchev–Trinajstić information content (AvgIpc) is 2.73. The van der Waals surface area contributed by atoms with Crippen molar-refractivity contribution >= 4 is 21.6 Å². The highest BCUT2D eigenvalue weighted by Crippen LogP contribution is 2.34. The molecule has 1 aromatic carbocycles. The van der Waals surface area contributed by atoms with Crippen LogP contribution in [-0.2, 0) is 21.2 Å². The van der Waals surface area contributed by atoms with Gasteiger partial charge in [-0.05, 0) is 29.7 Å². The second-order valence-electron chi connectivity index (χ2n) is 6.08. The topological polar surface area (TPSA) is 86.7 Å². The monoisotopic (exact) mass is 310 g/mol. The van der Waals surface area contributed by atoms with E-state index in [1.165, 1.54) is 16.4 Å². The lowest BCUT2D eigenvalue weighted by Gasteiger charge is -2.47. The van der Waals surface area contributed by atoms with Crippen molar-refractivity contribution in [3.63, 3.8) is 0 Å². The zero-order valence-corrected chi connectivity index (χ0v) is 12.8. The molecule has 2 aliphatic heterocycles. The van der Waals surface area contributed by atoms with E-state index in [9.17, 15) is 18.3 Å². The summed E-state index contributed by atoms with van der Waals surface area (Å²) in [7, 11) is -3.61. The molecule has 0 unspecified atom stereocenters. The van der Waals surface area contributed by atoms with Gasteiger partial charge in [-0.3, -0.25) is 4.79 Å². The molecule has 2 heterocycles. The standard InChI is InChI=1S/C14H18N2O4S/c1-9(2)14(18)7-16(8-14)21(19,20)11-3-4-12-10(5-11)6-13(17)15-12/h3-5,9,18H,6-8H2,1-2H3,(H,15,17). The molecule has 7 heteroatoms. The highest BCUT2D eigenvalue weighted by molar-refractivity contribution is 7.89. The van der Waals surface area contributed by atoms with E-state index >= 15 is 0 Å². The number of aliphatic hydroxyl groups is 1. The van der Waals surface area contributed by atoms with Crippen LogP contribution < -0.4 is 5.32 Å². The molecule has 0 aromatic heterocycles. The van der Waals surface area contributed by atoms with Gasteiger partial charge in [0.1, 0.15) is 0 Å². The summed E-state index contributed by atoms with van der Waals surface area (Å²) >= 11 is 0. The molecule has 1 amide bonds. The Morgan fingerprint density at radius 2 is 2.00 bits per heavy atom. The molecule has 0 aliphatic carbocycles. The minimum atomic E-state index is -3.61. The molecule has 1 aromatic rings. The lowest BCUT2D eigenvalue weighted by Crippen LogP contribution is -2.65. The second-order valence-corrected chi connectivity index (χ2v) is 8.01. The first-order valence-corrected chi connectivity index (χ1v) is 8.32. The molecular formula is C14H18N2O4S. The van der Waals surface area contributed by atoms with Gasteiger partial charge in [-0.1, -0.05) is 13.8 Å². The molecule has 0 atom stereocenters. The van der Waals surface area contributed by atoms with Gasteiger partial charge in [0.2, 0.25) is 15.9 Å². The first kappa shape index (κ1) is 14.5. The third kappa shape index (κ3) is 2.25. The number of nitrogens with one attached hydrogen (secondary N) is 1. The van der Waals surface area contributed by atoms with Crippen molar-refractivity contribution in [1.82, 2.24) is 4.31 Å². The van der Waals surface area contributed by atoms with Crippen LogP contribution in [0.2, 0.25) is 0 Å². The number of sulfonamides is 1. The summed E-state index contributed by atoms with van der Waals surface area (Å²) in [5, 5.41) is 12.9. The number of nitrogens with zero attached hydrogens (tertiary/aromatic N) is 1. The molecule has 0 saturated carbocycles. The zero-order chi connectivity index (χ0) is 15.4.